The number of rotatable bonds is 3. The summed E-state index contributed by atoms with van der Waals surface area (Å²) in [7, 11) is 0. The molecule has 2 rings (SSSR count). The summed E-state index contributed by atoms with van der Waals surface area (Å²) in [6.07, 6.45) is 0. The summed E-state index contributed by atoms with van der Waals surface area (Å²) in [6.45, 7) is 7.34. The molecule has 0 amide bonds. The Bertz CT molecular complexity index is 652. The van der Waals surface area contributed by atoms with Crippen molar-refractivity contribution in [1.82, 2.24) is 0 Å². The average Bonchev–Trinajstić information content (AvgIpc) is 2.45. The molecule has 2 aromatic rings. The van der Waals surface area contributed by atoms with E-state index in [1.165, 1.54) is 22.3 Å². The van der Waals surface area contributed by atoms with Gasteiger partial charge < -0.3 is 10.5 Å². The molecular weight excluding hydrogens is 258 g/mol. The average molecular weight is 279 g/mol. The highest BCUT2D eigenvalue weighted by molar-refractivity contribution is 5.40. The topological polar surface area (TPSA) is 35.2 Å². The van der Waals surface area contributed by atoms with Crippen molar-refractivity contribution in [2.24, 2.45) is 5.73 Å². The molecule has 0 radical (unpaired) electrons. The zero-order chi connectivity index (χ0) is 15.2. The fourth-order valence-electron chi connectivity index (χ4n) is 2.38. The summed E-state index contributed by atoms with van der Waals surface area (Å²) >= 11 is 0. The van der Waals surface area contributed by atoms with Crippen LogP contribution in [0.25, 0.3) is 0 Å². The van der Waals surface area contributed by atoms with Gasteiger partial charge in [-0.05, 0) is 61.7 Å². The molecule has 0 aliphatic rings. The predicted octanol–water partition coefficient (Wildman–Crippen LogP) is 3.50. The van der Waals surface area contributed by atoms with Crippen LogP contribution in [0.1, 0.15) is 27.8 Å². The van der Waals surface area contributed by atoms with Gasteiger partial charge in [0.25, 0.3) is 0 Å². The van der Waals surface area contributed by atoms with Crippen LogP contribution in [0, 0.1) is 32.6 Å². The van der Waals surface area contributed by atoms with Crippen molar-refractivity contribution in [1.29, 1.82) is 0 Å². The number of nitrogens with two attached hydrogens (primary N) is 1. The smallest absolute Gasteiger partial charge is 0.119 e. The first-order valence-electron chi connectivity index (χ1n) is 7.08. The Hall–Kier alpha value is -2.24. The summed E-state index contributed by atoms with van der Waals surface area (Å²) < 4.78 is 5.88. The Morgan fingerprint density at radius 3 is 2.19 bits per heavy atom. The monoisotopic (exact) mass is 279 g/mol. The van der Waals surface area contributed by atoms with E-state index < -0.39 is 0 Å². The Balaban J connectivity index is 2.07. The second kappa shape index (κ2) is 6.97. The van der Waals surface area contributed by atoms with E-state index in [0.29, 0.717) is 13.2 Å². The van der Waals surface area contributed by atoms with Crippen LogP contribution < -0.4 is 10.5 Å². The van der Waals surface area contributed by atoms with E-state index in [0.717, 1.165) is 11.3 Å². The van der Waals surface area contributed by atoms with E-state index >= 15 is 0 Å². The molecule has 108 valence electrons. The summed E-state index contributed by atoms with van der Waals surface area (Å²) in [5, 5.41) is 0. The lowest BCUT2D eigenvalue weighted by Gasteiger charge is -2.12. The highest BCUT2D eigenvalue weighted by Crippen LogP contribution is 2.19. The zero-order valence-corrected chi connectivity index (χ0v) is 12.9. The van der Waals surface area contributed by atoms with Gasteiger partial charge in [-0.3, -0.25) is 0 Å². The maximum atomic E-state index is 5.88. The fourth-order valence-corrected chi connectivity index (χ4v) is 2.38. The molecule has 0 aliphatic carbocycles. The maximum absolute atomic E-state index is 5.88. The first-order chi connectivity index (χ1) is 10.1. The third-order valence-corrected chi connectivity index (χ3v) is 3.41. The SMILES string of the molecule is Cc1cc(C)c(COc2ccc(C#CCN)cc2)c(C)c1. The second-order valence-corrected chi connectivity index (χ2v) is 5.20. The molecule has 0 heterocycles. The molecule has 0 unspecified atom stereocenters. The van der Waals surface area contributed by atoms with E-state index in [2.05, 4.69) is 44.7 Å². The van der Waals surface area contributed by atoms with Crippen molar-refractivity contribution in [3.63, 3.8) is 0 Å². The first kappa shape index (κ1) is 15.2. The second-order valence-electron chi connectivity index (χ2n) is 5.20. The van der Waals surface area contributed by atoms with Crippen LogP contribution in [0.15, 0.2) is 36.4 Å². The van der Waals surface area contributed by atoms with Gasteiger partial charge in [0, 0.05) is 5.56 Å². The van der Waals surface area contributed by atoms with Crippen LogP contribution in [0.4, 0.5) is 0 Å². The van der Waals surface area contributed by atoms with Gasteiger partial charge in [-0.25, -0.2) is 0 Å². The van der Waals surface area contributed by atoms with E-state index in [1.54, 1.807) is 0 Å². The molecule has 0 aromatic heterocycles. The Kier molecular flexibility index (Phi) is 5.03. The minimum absolute atomic E-state index is 0.379. The number of hydrogen-bond acceptors (Lipinski definition) is 2. The highest BCUT2D eigenvalue weighted by Gasteiger charge is 2.05. The maximum Gasteiger partial charge on any atom is 0.119 e. The number of hydrogen-bond donors (Lipinski definition) is 1. The van der Waals surface area contributed by atoms with E-state index in [4.69, 9.17) is 10.5 Å². The summed E-state index contributed by atoms with van der Waals surface area (Å²) in [4.78, 5) is 0. The lowest BCUT2D eigenvalue weighted by molar-refractivity contribution is 0.304. The first-order valence-corrected chi connectivity index (χ1v) is 7.08. The molecule has 2 heteroatoms. The van der Waals surface area contributed by atoms with Crippen LogP contribution in [-0.2, 0) is 6.61 Å². The van der Waals surface area contributed by atoms with Crippen LogP contribution in [0.5, 0.6) is 5.75 Å². The van der Waals surface area contributed by atoms with Crippen LogP contribution in [0.3, 0.4) is 0 Å². The predicted molar refractivity (Wildman–Crippen MR) is 87.4 cm³/mol. The number of benzene rings is 2. The Morgan fingerprint density at radius 1 is 1.00 bits per heavy atom. The van der Waals surface area contributed by atoms with E-state index in [1.807, 2.05) is 24.3 Å². The minimum atomic E-state index is 0.379. The third kappa shape index (κ3) is 4.11. The van der Waals surface area contributed by atoms with Gasteiger partial charge in [0.15, 0.2) is 0 Å². The Labute approximate surface area is 126 Å². The fraction of sp³-hybridized carbons (Fsp3) is 0.263. The minimum Gasteiger partial charge on any atom is -0.489 e. The van der Waals surface area contributed by atoms with Gasteiger partial charge in [-0.2, -0.15) is 0 Å². The molecule has 0 saturated heterocycles. The standard InChI is InChI=1S/C19H21NO/c1-14-11-15(2)19(16(3)12-14)13-21-18-8-6-17(7-9-18)5-4-10-20/h6-9,11-12H,10,13,20H2,1-3H3. The summed E-state index contributed by atoms with van der Waals surface area (Å²) in [5.74, 6) is 6.69. The van der Waals surface area contributed by atoms with Crippen molar-refractivity contribution < 1.29 is 4.74 Å². The van der Waals surface area contributed by atoms with Crippen LogP contribution in [-0.4, -0.2) is 6.54 Å². The molecule has 2 N–H and O–H groups in total. The summed E-state index contributed by atoms with van der Waals surface area (Å²) in [6, 6.07) is 12.2. The Morgan fingerprint density at radius 2 is 1.62 bits per heavy atom. The van der Waals surface area contributed by atoms with Gasteiger partial charge in [-0.1, -0.05) is 29.5 Å². The van der Waals surface area contributed by atoms with Crippen molar-refractivity contribution in [3.05, 3.63) is 64.2 Å². The van der Waals surface area contributed by atoms with Crippen molar-refractivity contribution in [2.75, 3.05) is 6.54 Å². The van der Waals surface area contributed by atoms with Crippen LogP contribution in [0.2, 0.25) is 0 Å². The van der Waals surface area contributed by atoms with Gasteiger partial charge in [0.2, 0.25) is 0 Å². The molecule has 0 atom stereocenters. The molecule has 0 aliphatic heterocycles. The lowest BCUT2D eigenvalue weighted by atomic mass is 10.0. The largest absolute Gasteiger partial charge is 0.489 e. The van der Waals surface area contributed by atoms with Gasteiger partial charge >= 0.3 is 0 Å². The molecule has 0 fully saturated rings. The molecule has 2 aromatic carbocycles. The van der Waals surface area contributed by atoms with Crippen molar-refractivity contribution in [3.8, 4) is 17.6 Å². The van der Waals surface area contributed by atoms with E-state index in [9.17, 15) is 0 Å². The molecule has 21 heavy (non-hydrogen) atoms. The van der Waals surface area contributed by atoms with Crippen LogP contribution >= 0.6 is 0 Å². The normalized spacial score (nSPS) is 9.90. The molecular formula is C19H21NO. The van der Waals surface area contributed by atoms with Gasteiger partial charge in [-0.15, -0.1) is 0 Å². The zero-order valence-electron chi connectivity index (χ0n) is 12.9. The molecule has 0 spiro atoms. The van der Waals surface area contributed by atoms with E-state index in [-0.39, 0.29) is 0 Å². The van der Waals surface area contributed by atoms with Gasteiger partial charge in [0.05, 0.1) is 6.54 Å². The lowest BCUT2D eigenvalue weighted by Crippen LogP contribution is -2.01. The molecule has 0 bridgehead atoms. The molecule has 0 saturated carbocycles. The van der Waals surface area contributed by atoms with Gasteiger partial charge in [0.1, 0.15) is 12.4 Å². The molecule has 2 nitrogen and oxygen atoms in total. The number of ether oxygens (including phenoxy) is 1. The quantitative estimate of drug-likeness (QED) is 0.873. The number of aryl methyl sites for hydroxylation is 3. The third-order valence-electron chi connectivity index (χ3n) is 3.41. The summed E-state index contributed by atoms with van der Waals surface area (Å²) in [5.41, 5.74) is 11.4. The van der Waals surface area contributed by atoms with Crippen molar-refractivity contribution in [2.45, 2.75) is 27.4 Å². The van der Waals surface area contributed by atoms with Crippen molar-refractivity contribution >= 4 is 0 Å². The highest BCUT2D eigenvalue weighted by atomic mass is 16.5.